The summed E-state index contributed by atoms with van der Waals surface area (Å²) in [5, 5.41) is 6.60. The minimum absolute atomic E-state index is 0.0324. The van der Waals surface area contributed by atoms with Crippen molar-refractivity contribution in [2.24, 2.45) is 0 Å². The molecule has 10 heteroatoms. The quantitative estimate of drug-likeness (QED) is 0.268. The van der Waals surface area contributed by atoms with Gasteiger partial charge in [-0.2, -0.15) is 0 Å². The summed E-state index contributed by atoms with van der Waals surface area (Å²) in [6.45, 7) is 5.00. The third-order valence-corrected chi connectivity index (χ3v) is 6.50. The summed E-state index contributed by atoms with van der Waals surface area (Å²) < 4.78 is 11.3. The molecule has 2 N–H and O–H groups in total. The van der Waals surface area contributed by atoms with Crippen LogP contribution in [0.5, 0.6) is 0 Å². The second-order valence-corrected chi connectivity index (χ2v) is 9.29. The Balaban J connectivity index is 1.63. The number of unbranched alkanes of at least 4 members (excludes halogenated alkanes) is 1. The Bertz CT molecular complexity index is 1530. The summed E-state index contributed by atoms with van der Waals surface area (Å²) in [4.78, 5) is 44.9. The van der Waals surface area contributed by atoms with Crippen LogP contribution in [0.2, 0.25) is 0 Å². The van der Waals surface area contributed by atoms with E-state index in [0.717, 1.165) is 35.1 Å². The fourth-order valence-corrected chi connectivity index (χ4v) is 4.42. The van der Waals surface area contributed by atoms with Gasteiger partial charge in [0.05, 0.1) is 19.6 Å². The molecule has 2 aromatic carbocycles. The second kappa shape index (κ2) is 13.0. The Kier molecular flexibility index (Phi) is 9.22. The number of rotatable bonds is 12. The Morgan fingerprint density at radius 2 is 1.85 bits per heavy atom. The van der Waals surface area contributed by atoms with E-state index in [1.165, 1.54) is 0 Å². The van der Waals surface area contributed by atoms with Crippen LogP contribution < -0.4 is 16.6 Å². The number of nitrogens with one attached hydrogen (secondary N) is 2. The van der Waals surface area contributed by atoms with Crippen LogP contribution in [0.1, 0.15) is 42.4 Å². The Morgan fingerprint density at radius 3 is 2.51 bits per heavy atom. The molecule has 2 heterocycles. The zero-order chi connectivity index (χ0) is 27.8. The van der Waals surface area contributed by atoms with Gasteiger partial charge in [0.1, 0.15) is 5.82 Å². The van der Waals surface area contributed by atoms with Gasteiger partial charge in [-0.3, -0.25) is 23.7 Å². The number of aromatic amines is 1. The molecule has 0 atom stereocenters. The van der Waals surface area contributed by atoms with Crippen molar-refractivity contribution in [3.8, 4) is 22.5 Å². The fraction of sp³-hybridized carbons (Fsp3) is 0.345. The van der Waals surface area contributed by atoms with E-state index >= 15 is 0 Å². The number of carbonyl (C=O) groups excluding carboxylic acids is 1. The minimum Gasteiger partial charge on any atom is -0.383 e. The van der Waals surface area contributed by atoms with Gasteiger partial charge in [0.2, 0.25) is 5.91 Å². The van der Waals surface area contributed by atoms with Crippen molar-refractivity contribution in [2.45, 2.75) is 46.1 Å². The average molecular weight is 532 g/mol. The summed E-state index contributed by atoms with van der Waals surface area (Å²) in [5.74, 6) is 0.222. The highest BCUT2D eigenvalue weighted by Gasteiger charge is 2.18. The van der Waals surface area contributed by atoms with Gasteiger partial charge >= 0.3 is 5.76 Å². The number of H-pyrrole nitrogens is 1. The second-order valence-electron chi connectivity index (χ2n) is 9.29. The molecule has 2 aromatic heterocycles. The van der Waals surface area contributed by atoms with Crippen LogP contribution in [0.4, 0.5) is 0 Å². The SMILES string of the molecule is CCCCc1nc(C)c(CC(=O)NCCOC)c(=O)n1Cc1ccc(-c2ccccc2-c2noc(=O)[nH]2)cc1. The Morgan fingerprint density at radius 1 is 1.10 bits per heavy atom. The molecule has 39 heavy (non-hydrogen) atoms. The summed E-state index contributed by atoms with van der Waals surface area (Å²) in [6.07, 6.45) is 2.52. The smallest absolute Gasteiger partial charge is 0.383 e. The molecule has 0 saturated carbocycles. The first kappa shape index (κ1) is 27.7. The van der Waals surface area contributed by atoms with Gasteiger partial charge in [-0.1, -0.05) is 67.0 Å². The van der Waals surface area contributed by atoms with Gasteiger partial charge in [0.25, 0.3) is 5.56 Å². The molecule has 0 aliphatic carbocycles. The molecule has 0 radical (unpaired) electrons. The first-order valence-electron chi connectivity index (χ1n) is 13.0. The molecule has 0 unspecified atom stereocenters. The Hall–Kier alpha value is -4.31. The maximum absolute atomic E-state index is 13.6. The molecule has 0 spiro atoms. The maximum Gasteiger partial charge on any atom is 0.439 e. The van der Waals surface area contributed by atoms with Gasteiger partial charge < -0.3 is 10.1 Å². The molecule has 0 saturated heterocycles. The molecule has 0 aliphatic heterocycles. The molecule has 4 aromatic rings. The summed E-state index contributed by atoms with van der Waals surface area (Å²) in [7, 11) is 1.57. The third kappa shape index (κ3) is 6.77. The van der Waals surface area contributed by atoms with Crippen LogP contribution >= 0.6 is 0 Å². The highest BCUT2D eigenvalue weighted by Crippen LogP contribution is 2.30. The first-order valence-corrected chi connectivity index (χ1v) is 13.0. The fourth-order valence-electron chi connectivity index (χ4n) is 4.42. The van der Waals surface area contributed by atoms with Crippen molar-refractivity contribution < 1.29 is 14.1 Å². The van der Waals surface area contributed by atoms with Crippen LogP contribution in [0.25, 0.3) is 22.5 Å². The highest BCUT2D eigenvalue weighted by atomic mass is 16.5. The van der Waals surface area contributed by atoms with Gasteiger partial charge in [0, 0.05) is 36.9 Å². The van der Waals surface area contributed by atoms with E-state index in [0.29, 0.717) is 49.0 Å². The number of nitrogens with zero attached hydrogens (tertiary/aromatic N) is 3. The van der Waals surface area contributed by atoms with E-state index in [4.69, 9.17) is 9.72 Å². The van der Waals surface area contributed by atoms with E-state index in [1.54, 1.807) is 18.6 Å². The van der Waals surface area contributed by atoms with Crippen molar-refractivity contribution in [1.82, 2.24) is 25.0 Å². The van der Waals surface area contributed by atoms with Crippen molar-refractivity contribution in [2.75, 3.05) is 20.3 Å². The van der Waals surface area contributed by atoms with Gasteiger partial charge in [-0.15, -0.1) is 0 Å². The molecule has 0 fully saturated rings. The molecule has 204 valence electrons. The number of amides is 1. The van der Waals surface area contributed by atoms with E-state index in [9.17, 15) is 14.4 Å². The normalized spacial score (nSPS) is 11.1. The Labute approximate surface area is 226 Å². The summed E-state index contributed by atoms with van der Waals surface area (Å²) in [5.41, 5.74) is 4.26. The van der Waals surface area contributed by atoms with Crippen LogP contribution in [-0.2, 0) is 28.9 Å². The standard InChI is InChI=1S/C29H33N5O5/c1-4-5-10-25-31-19(2)24(17-26(35)30-15-16-38-3)28(36)34(25)18-20-11-13-21(14-12-20)22-8-6-7-9-23(22)27-32-29(37)39-33-27/h6-9,11-14H,4-5,10,15-18H2,1-3H3,(H,30,35)(H,32,33,37). The lowest BCUT2D eigenvalue weighted by molar-refractivity contribution is -0.120. The summed E-state index contributed by atoms with van der Waals surface area (Å²) in [6, 6.07) is 15.4. The number of hydrogen-bond acceptors (Lipinski definition) is 7. The largest absolute Gasteiger partial charge is 0.439 e. The lowest BCUT2D eigenvalue weighted by Crippen LogP contribution is -2.35. The van der Waals surface area contributed by atoms with Gasteiger partial charge in [-0.05, 0) is 30.0 Å². The lowest BCUT2D eigenvalue weighted by atomic mass is 9.98. The monoisotopic (exact) mass is 531 g/mol. The minimum atomic E-state index is -0.613. The highest BCUT2D eigenvalue weighted by molar-refractivity contribution is 5.80. The van der Waals surface area contributed by atoms with E-state index in [2.05, 4.69) is 26.9 Å². The number of methoxy groups -OCH3 is 1. The van der Waals surface area contributed by atoms with Gasteiger partial charge in [-0.25, -0.2) is 9.78 Å². The molecule has 10 nitrogen and oxygen atoms in total. The predicted octanol–water partition coefficient (Wildman–Crippen LogP) is 3.26. The van der Waals surface area contributed by atoms with Crippen molar-refractivity contribution in [1.29, 1.82) is 0 Å². The summed E-state index contributed by atoms with van der Waals surface area (Å²) >= 11 is 0. The van der Waals surface area contributed by atoms with E-state index in [1.807, 2.05) is 48.5 Å². The predicted molar refractivity (Wildman–Crippen MR) is 148 cm³/mol. The van der Waals surface area contributed by atoms with Crippen LogP contribution in [0.3, 0.4) is 0 Å². The molecular formula is C29H33N5O5. The van der Waals surface area contributed by atoms with Crippen LogP contribution in [0.15, 0.2) is 62.6 Å². The number of ether oxygens (including phenoxy) is 1. The average Bonchev–Trinajstić information content (AvgIpc) is 3.38. The maximum atomic E-state index is 13.6. The van der Waals surface area contributed by atoms with E-state index < -0.39 is 5.76 Å². The zero-order valence-corrected chi connectivity index (χ0v) is 22.5. The number of aryl methyl sites for hydroxylation is 2. The van der Waals surface area contributed by atoms with Crippen molar-refractivity contribution in [3.05, 3.63) is 92.1 Å². The topological polar surface area (TPSA) is 132 Å². The number of hydrogen-bond donors (Lipinski definition) is 2. The zero-order valence-electron chi connectivity index (χ0n) is 22.5. The van der Waals surface area contributed by atoms with E-state index in [-0.39, 0.29) is 17.9 Å². The third-order valence-electron chi connectivity index (χ3n) is 6.50. The number of benzene rings is 2. The molecule has 0 bridgehead atoms. The van der Waals surface area contributed by atoms with Crippen LogP contribution in [-0.4, -0.2) is 45.9 Å². The number of carbonyl (C=O) groups is 1. The van der Waals surface area contributed by atoms with Crippen LogP contribution in [0, 0.1) is 6.92 Å². The molecular weight excluding hydrogens is 498 g/mol. The molecule has 1 amide bonds. The lowest BCUT2D eigenvalue weighted by Gasteiger charge is -2.16. The first-order chi connectivity index (χ1) is 18.9. The van der Waals surface area contributed by atoms with Crippen molar-refractivity contribution in [3.63, 3.8) is 0 Å². The van der Waals surface area contributed by atoms with Gasteiger partial charge in [0.15, 0.2) is 5.82 Å². The molecule has 0 aliphatic rings. The van der Waals surface area contributed by atoms with Crippen molar-refractivity contribution >= 4 is 5.91 Å². The molecule has 4 rings (SSSR count). The number of aromatic nitrogens is 4.